The molecule has 0 fully saturated rings. The van der Waals surface area contributed by atoms with E-state index in [4.69, 9.17) is 0 Å². The first-order chi connectivity index (χ1) is 9.63. The average molecular weight is 264 g/mol. The maximum Gasteiger partial charge on any atom is 0.271 e. The summed E-state index contributed by atoms with van der Waals surface area (Å²) >= 11 is 0. The van der Waals surface area contributed by atoms with Crippen molar-refractivity contribution in [2.75, 3.05) is 0 Å². The van der Waals surface area contributed by atoms with Crippen LogP contribution in [0.15, 0.2) is 59.4 Å². The van der Waals surface area contributed by atoms with Crippen molar-refractivity contribution in [1.29, 1.82) is 0 Å². The lowest BCUT2D eigenvalue weighted by Crippen LogP contribution is -2.13. The number of H-pyrrole nitrogens is 1. The molecule has 0 saturated heterocycles. The van der Waals surface area contributed by atoms with Crippen molar-refractivity contribution in [3.63, 3.8) is 0 Å². The molecule has 0 bridgehead atoms. The molecule has 1 heterocycles. The van der Waals surface area contributed by atoms with Gasteiger partial charge >= 0.3 is 0 Å². The van der Waals surface area contributed by atoms with Crippen molar-refractivity contribution in [2.45, 2.75) is 13.8 Å². The largest absolute Gasteiger partial charge is 0.290 e. The first-order valence-corrected chi connectivity index (χ1v) is 6.60. The van der Waals surface area contributed by atoms with E-state index in [9.17, 15) is 4.79 Å². The number of nitrogens with one attached hydrogen (secondary N) is 1. The number of aromatic amines is 1. The summed E-state index contributed by atoms with van der Waals surface area (Å²) in [6.07, 6.45) is 0. The van der Waals surface area contributed by atoms with Crippen LogP contribution in [0.1, 0.15) is 11.1 Å². The van der Waals surface area contributed by atoms with E-state index >= 15 is 0 Å². The molecule has 0 aliphatic heterocycles. The Kier molecular flexibility index (Phi) is 3.03. The molecule has 0 aliphatic rings. The van der Waals surface area contributed by atoms with Crippen LogP contribution in [0.4, 0.5) is 0 Å². The zero-order valence-corrected chi connectivity index (χ0v) is 11.6. The van der Waals surface area contributed by atoms with Crippen LogP contribution in [0.3, 0.4) is 0 Å². The van der Waals surface area contributed by atoms with Gasteiger partial charge in [-0.3, -0.25) is 9.89 Å². The Morgan fingerprint density at radius 1 is 0.850 bits per heavy atom. The van der Waals surface area contributed by atoms with Gasteiger partial charge in [-0.1, -0.05) is 47.5 Å². The summed E-state index contributed by atoms with van der Waals surface area (Å²) in [7, 11) is 0. The first-order valence-electron chi connectivity index (χ1n) is 6.60. The summed E-state index contributed by atoms with van der Waals surface area (Å²) in [6.45, 7) is 4.07. The lowest BCUT2D eigenvalue weighted by Gasteiger charge is -2.03. The molecular weight excluding hydrogens is 248 g/mol. The third-order valence-electron chi connectivity index (χ3n) is 3.38. The molecule has 20 heavy (non-hydrogen) atoms. The molecule has 0 aliphatic carbocycles. The molecule has 0 saturated carbocycles. The zero-order valence-electron chi connectivity index (χ0n) is 11.6. The van der Waals surface area contributed by atoms with E-state index in [-0.39, 0.29) is 5.56 Å². The maximum absolute atomic E-state index is 12.1. The van der Waals surface area contributed by atoms with Crippen molar-refractivity contribution in [3.05, 3.63) is 76.1 Å². The van der Waals surface area contributed by atoms with E-state index in [1.165, 1.54) is 11.1 Å². The number of aryl methyl sites for hydroxylation is 2. The van der Waals surface area contributed by atoms with Crippen molar-refractivity contribution in [3.8, 4) is 16.9 Å². The number of hydrogen-bond donors (Lipinski definition) is 1. The second kappa shape index (κ2) is 4.85. The minimum absolute atomic E-state index is 0.0515. The van der Waals surface area contributed by atoms with E-state index in [1.54, 1.807) is 10.7 Å². The Bertz CT molecular complexity index is 777. The van der Waals surface area contributed by atoms with Crippen LogP contribution in [0, 0.1) is 13.8 Å². The van der Waals surface area contributed by atoms with Gasteiger partial charge in [0, 0.05) is 6.07 Å². The van der Waals surface area contributed by atoms with Gasteiger partial charge in [0.2, 0.25) is 0 Å². The summed E-state index contributed by atoms with van der Waals surface area (Å²) < 4.78 is 1.56. The van der Waals surface area contributed by atoms with Crippen LogP contribution in [0.2, 0.25) is 0 Å². The molecule has 3 aromatic rings. The third kappa shape index (κ3) is 2.30. The summed E-state index contributed by atoms with van der Waals surface area (Å²) in [5.41, 5.74) is 5.01. The number of rotatable bonds is 2. The fourth-order valence-corrected chi connectivity index (χ4v) is 2.16. The van der Waals surface area contributed by atoms with Gasteiger partial charge in [0.15, 0.2) is 0 Å². The highest BCUT2D eigenvalue weighted by molar-refractivity contribution is 5.59. The summed E-state index contributed by atoms with van der Waals surface area (Å²) in [5.74, 6) is 0. The Morgan fingerprint density at radius 3 is 2.00 bits per heavy atom. The van der Waals surface area contributed by atoms with Gasteiger partial charge in [-0.05, 0) is 31.5 Å². The van der Waals surface area contributed by atoms with Gasteiger partial charge in [0.05, 0.1) is 11.4 Å². The smallest absolute Gasteiger partial charge is 0.271 e. The number of nitrogens with zero attached hydrogens (tertiary/aromatic N) is 1. The van der Waals surface area contributed by atoms with Gasteiger partial charge in [0.25, 0.3) is 5.56 Å². The Hall–Kier alpha value is -2.55. The van der Waals surface area contributed by atoms with E-state index in [2.05, 4.69) is 5.10 Å². The topological polar surface area (TPSA) is 37.8 Å². The molecule has 0 radical (unpaired) electrons. The molecule has 1 aromatic heterocycles. The van der Waals surface area contributed by atoms with Crippen LogP contribution >= 0.6 is 0 Å². The van der Waals surface area contributed by atoms with Crippen molar-refractivity contribution in [1.82, 2.24) is 9.78 Å². The van der Waals surface area contributed by atoms with E-state index < -0.39 is 0 Å². The highest BCUT2D eigenvalue weighted by Crippen LogP contribution is 2.17. The van der Waals surface area contributed by atoms with Crippen LogP contribution < -0.4 is 5.56 Å². The summed E-state index contributed by atoms with van der Waals surface area (Å²) in [5, 5.41) is 3.16. The maximum atomic E-state index is 12.1. The molecule has 0 unspecified atom stereocenters. The predicted octanol–water partition coefficient (Wildman–Crippen LogP) is 3.45. The molecule has 2 aromatic carbocycles. The Balaban J connectivity index is 2.05. The highest BCUT2D eigenvalue weighted by Gasteiger charge is 2.06. The summed E-state index contributed by atoms with van der Waals surface area (Å²) in [4.78, 5) is 12.1. The van der Waals surface area contributed by atoms with Gasteiger partial charge in [-0.2, -0.15) is 0 Å². The minimum Gasteiger partial charge on any atom is -0.290 e. The minimum atomic E-state index is -0.0515. The predicted molar refractivity (Wildman–Crippen MR) is 81.3 cm³/mol. The standard InChI is InChI=1S/C17H16N2O/c1-12-3-7-14(8-4-12)16-11-17(20)19(18-16)15-9-5-13(2)6-10-15/h3-11,18H,1-2H3. The van der Waals surface area contributed by atoms with Crippen molar-refractivity contribution < 1.29 is 0 Å². The van der Waals surface area contributed by atoms with Gasteiger partial charge in [-0.15, -0.1) is 0 Å². The SMILES string of the molecule is Cc1ccc(-c2cc(=O)n(-c3ccc(C)cc3)[nH]2)cc1. The first kappa shape index (κ1) is 12.5. The van der Waals surface area contributed by atoms with E-state index in [1.807, 2.05) is 62.4 Å². The molecule has 1 N–H and O–H groups in total. The molecule has 0 spiro atoms. The van der Waals surface area contributed by atoms with Crippen LogP contribution in [0.25, 0.3) is 16.9 Å². The van der Waals surface area contributed by atoms with Crippen LogP contribution in [-0.2, 0) is 0 Å². The zero-order chi connectivity index (χ0) is 14.1. The summed E-state index contributed by atoms with van der Waals surface area (Å²) in [6, 6.07) is 17.6. The molecular formula is C17H16N2O. The number of aromatic nitrogens is 2. The average Bonchev–Trinajstić information content (AvgIpc) is 2.82. The van der Waals surface area contributed by atoms with Gasteiger partial charge in [0.1, 0.15) is 0 Å². The second-order valence-corrected chi connectivity index (χ2v) is 5.05. The molecule has 3 heteroatoms. The Labute approximate surface area is 117 Å². The second-order valence-electron chi connectivity index (χ2n) is 5.05. The van der Waals surface area contributed by atoms with Crippen LogP contribution in [-0.4, -0.2) is 9.78 Å². The van der Waals surface area contributed by atoms with Crippen LogP contribution in [0.5, 0.6) is 0 Å². The van der Waals surface area contributed by atoms with E-state index in [0.29, 0.717) is 0 Å². The van der Waals surface area contributed by atoms with Gasteiger partial charge < -0.3 is 0 Å². The molecule has 3 rings (SSSR count). The molecule has 100 valence electrons. The quantitative estimate of drug-likeness (QED) is 0.756. The normalized spacial score (nSPS) is 10.7. The molecule has 0 atom stereocenters. The fraction of sp³-hybridized carbons (Fsp3) is 0.118. The van der Waals surface area contributed by atoms with Gasteiger partial charge in [-0.25, -0.2) is 4.68 Å². The van der Waals surface area contributed by atoms with E-state index in [0.717, 1.165) is 16.9 Å². The highest BCUT2D eigenvalue weighted by atomic mass is 16.1. The lowest BCUT2D eigenvalue weighted by molar-refractivity contribution is 0.852. The fourth-order valence-electron chi connectivity index (χ4n) is 2.16. The Morgan fingerprint density at radius 2 is 1.40 bits per heavy atom. The monoisotopic (exact) mass is 264 g/mol. The molecule has 0 amide bonds. The number of benzene rings is 2. The lowest BCUT2D eigenvalue weighted by atomic mass is 10.1. The van der Waals surface area contributed by atoms with Crippen molar-refractivity contribution >= 4 is 0 Å². The molecule has 3 nitrogen and oxygen atoms in total. The third-order valence-corrected chi connectivity index (χ3v) is 3.38. The number of hydrogen-bond acceptors (Lipinski definition) is 1. The van der Waals surface area contributed by atoms with Crippen molar-refractivity contribution in [2.24, 2.45) is 0 Å².